The maximum absolute atomic E-state index is 5.44. The molecule has 0 fully saturated rings. The van der Waals surface area contributed by atoms with Gasteiger partial charge in [0, 0.05) is 14.2 Å². The molecule has 0 radical (unpaired) electrons. The van der Waals surface area contributed by atoms with Crippen LogP contribution in [0.2, 0.25) is 6.55 Å². The molecule has 0 unspecified atom stereocenters. The first kappa shape index (κ1) is 11.2. The summed E-state index contributed by atoms with van der Waals surface area (Å²) in [7, 11) is 1.24. The van der Waals surface area contributed by atoms with Crippen molar-refractivity contribution in [2.45, 2.75) is 6.55 Å². The monoisotopic (exact) mass is 208 g/mol. The Labute approximate surface area is 86.4 Å². The van der Waals surface area contributed by atoms with Crippen LogP contribution in [0.1, 0.15) is 5.56 Å². The van der Waals surface area contributed by atoms with Crippen LogP contribution in [0.5, 0.6) is 0 Å². The molecular weight excluding hydrogens is 192 g/mol. The zero-order valence-electron chi connectivity index (χ0n) is 8.91. The first-order valence-corrected chi connectivity index (χ1v) is 6.81. The Morgan fingerprint density at radius 1 is 1.14 bits per heavy atom. The van der Waals surface area contributed by atoms with Crippen molar-refractivity contribution in [3.05, 3.63) is 36.4 Å². The van der Waals surface area contributed by atoms with Crippen LogP contribution in [0.3, 0.4) is 0 Å². The molecule has 14 heavy (non-hydrogen) atoms. The van der Waals surface area contributed by atoms with Crippen molar-refractivity contribution in [3.63, 3.8) is 0 Å². The molecule has 1 aromatic rings. The summed E-state index contributed by atoms with van der Waals surface area (Å²) in [6, 6.07) is 8.11. The van der Waals surface area contributed by atoms with Gasteiger partial charge in [0.25, 0.3) is 0 Å². The number of rotatable bonds is 4. The third-order valence-electron chi connectivity index (χ3n) is 2.45. The van der Waals surface area contributed by atoms with Crippen LogP contribution in [-0.4, -0.2) is 22.8 Å². The molecule has 0 aliphatic rings. The predicted octanol–water partition coefficient (Wildman–Crippen LogP) is 1.90. The number of benzene rings is 1. The molecule has 3 heteroatoms. The van der Waals surface area contributed by atoms with E-state index in [2.05, 4.69) is 6.58 Å². The van der Waals surface area contributed by atoms with Crippen molar-refractivity contribution in [3.8, 4) is 0 Å². The van der Waals surface area contributed by atoms with Gasteiger partial charge in [-0.25, -0.2) is 0 Å². The molecule has 1 aromatic carbocycles. The molecule has 1 rings (SSSR count). The summed E-state index contributed by atoms with van der Waals surface area (Å²) in [5.41, 5.74) is 1.11. The molecule has 0 spiro atoms. The Kier molecular flexibility index (Phi) is 3.63. The zero-order chi connectivity index (χ0) is 10.6. The highest BCUT2D eigenvalue weighted by Crippen LogP contribution is 2.07. The normalized spacial score (nSPS) is 11.4. The van der Waals surface area contributed by atoms with Gasteiger partial charge in [-0.15, -0.1) is 0 Å². The fraction of sp³-hybridized carbons (Fsp3) is 0.273. The summed E-state index contributed by atoms with van der Waals surface area (Å²) in [6.45, 7) is 5.74. The smallest absolute Gasteiger partial charge is 0.368 e. The summed E-state index contributed by atoms with van der Waals surface area (Å²) in [5, 5.41) is 1.13. The van der Waals surface area contributed by atoms with E-state index < -0.39 is 8.56 Å². The van der Waals surface area contributed by atoms with Gasteiger partial charge in [0.2, 0.25) is 0 Å². The molecule has 0 aliphatic carbocycles. The van der Waals surface area contributed by atoms with Gasteiger partial charge in [0.05, 0.1) is 0 Å². The van der Waals surface area contributed by atoms with Crippen LogP contribution in [0.15, 0.2) is 30.8 Å². The average molecular weight is 208 g/mol. The van der Waals surface area contributed by atoms with Gasteiger partial charge >= 0.3 is 8.56 Å². The van der Waals surface area contributed by atoms with E-state index in [0.29, 0.717) is 0 Å². The number of hydrogen-bond acceptors (Lipinski definition) is 2. The lowest BCUT2D eigenvalue weighted by atomic mass is 10.2. The minimum atomic E-state index is -2.14. The van der Waals surface area contributed by atoms with Gasteiger partial charge in [-0.3, -0.25) is 0 Å². The van der Waals surface area contributed by atoms with Crippen LogP contribution < -0.4 is 5.19 Å². The van der Waals surface area contributed by atoms with Crippen LogP contribution in [0.4, 0.5) is 0 Å². The first-order valence-electron chi connectivity index (χ1n) is 4.49. The Morgan fingerprint density at radius 2 is 1.64 bits per heavy atom. The van der Waals surface area contributed by atoms with E-state index in [-0.39, 0.29) is 0 Å². The summed E-state index contributed by atoms with van der Waals surface area (Å²) < 4.78 is 10.9. The van der Waals surface area contributed by atoms with Crippen LogP contribution in [-0.2, 0) is 8.85 Å². The highest BCUT2D eigenvalue weighted by molar-refractivity contribution is 6.79. The van der Waals surface area contributed by atoms with E-state index in [1.165, 1.54) is 0 Å². The molecule has 0 atom stereocenters. The van der Waals surface area contributed by atoms with Crippen LogP contribution in [0, 0.1) is 0 Å². The molecule has 0 aromatic heterocycles. The Balaban J connectivity index is 3.00. The van der Waals surface area contributed by atoms with Crippen molar-refractivity contribution in [2.24, 2.45) is 0 Å². The third-order valence-corrected chi connectivity index (χ3v) is 5.39. The minimum Gasteiger partial charge on any atom is -0.394 e. The quantitative estimate of drug-likeness (QED) is 0.704. The molecule has 0 heterocycles. The van der Waals surface area contributed by atoms with Crippen LogP contribution >= 0.6 is 0 Å². The molecule has 0 N–H and O–H groups in total. The maximum Gasteiger partial charge on any atom is 0.368 e. The highest BCUT2D eigenvalue weighted by Gasteiger charge is 2.31. The van der Waals surface area contributed by atoms with E-state index in [0.717, 1.165) is 10.8 Å². The van der Waals surface area contributed by atoms with Gasteiger partial charge < -0.3 is 8.85 Å². The van der Waals surface area contributed by atoms with Gasteiger partial charge in [-0.05, 0) is 17.3 Å². The second-order valence-corrected chi connectivity index (χ2v) is 6.47. The van der Waals surface area contributed by atoms with Gasteiger partial charge in [-0.1, -0.05) is 36.9 Å². The van der Waals surface area contributed by atoms with E-state index in [9.17, 15) is 0 Å². The summed E-state index contributed by atoms with van der Waals surface area (Å²) in [4.78, 5) is 0. The van der Waals surface area contributed by atoms with Crippen molar-refractivity contribution < 1.29 is 8.85 Å². The third kappa shape index (κ3) is 2.12. The molecule has 2 nitrogen and oxygen atoms in total. The summed E-state index contributed by atoms with van der Waals surface area (Å²) in [5.74, 6) is 0. The first-order chi connectivity index (χ1) is 6.66. The molecule has 0 bridgehead atoms. The molecule has 0 saturated heterocycles. The second-order valence-electron chi connectivity index (χ2n) is 3.18. The molecular formula is C11H16O2Si. The molecule has 0 aliphatic heterocycles. The van der Waals surface area contributed by atoms with E-state index in [1.54, 1.807) is 14.2 Å². The topological polar surface area (TPSA) is 18.5 Å². The maximum atomic E-state index is 5.44. The van der Waals surface area contributed by atoms with Crippen molar-refractivity contribution >= 4 is 19.8 Å². The van der Waals surface area contributed by atoms with Gasteiger partial charge in [-0.2, -0.15) is 0 Å². The fourth-order valence-electron chi connectivity index (χ4n) is 1.24. The Morgan fingerprint density at radius 3 is 2.00 bits per heavy atom. The predicted molar refractivity (Wildman–Crippen MR) is 61.8 cm³/mol. The largest absolute Gasteiger partial charge is 0.394 e. The lowest BCUT2D eigenvalue weighted by Gasteiger charge is -2.22. The van der Waals surface area contributed by atoms with Crippen molar-refractivity contribution in [1.82, 2.24) is 0 Å². The standard InChI is InChI=1S/C11H16O2Si/c1-5-10-6-8-11(9-7-10)14(4,12-2)13-3/h5-9H,1H2,2-4H3. The van der Waals surface area contributed by atoms with E-state index >= 15 is 0 Å². The lowest BCUT2D eigenvalue weighted by molar-refractivity contribution is 0.265. The number of hydrogen-bond donors (Lipinski definition) is 0. The highest BCUT2D eigenvalue weighted by atomic mass is 28.4. The summed E-state index contributed by atoms with van der Waals surface area (Å²) in [6.07, 6.45) is 1.82. The molecule has 76 valence electrons. The van der Waals surface area contributed by atoms with Gasteiger partial charge in [0.1, 0.15) is 0 Å². The Hall–Kier alpha value is -0.903. The fourth-order valence-corrected chi connectivity index (χ4v) is 2.65. The summed E-state index contributed by atoms with van der Waals surface area (Å²) >= 11 is 0. The molecule has 0 saturated carbocycles. The zero-order valence-corrected chi connectivity index (χ0v) is 9.91. The average Bonchev–Trinajstić information content (AvgIpc) is 2.28. The minimum absolute atomic E-state index is 1.11. The second kappa shape index (κ2) is 4.55. The van der Waals surface area contributed by atoms with Gasteiger partial charge in [0.15, 0.2) is 0 Å². The van der Waals surface area contributed by atoms with E-state index in [4.69, 9.17) is 8.85 Å². The van der Waals surface area contributed by atoms with Crippen LogP contribution in [0.25, 0.3) is 6.08 Å². The lowest BCUT2D eigenvalue weighted by Crippen LogP contribution is -2.49. The van der Waals surface area contributed by atoms with Crippen molar-refractivity contribution in [2.75, 3.05) is 14.2 Å². The SMILES string of the molecule is C=Cc1ccc([Si](C)(OC)OC)cc1. The molecule has 0 amide bonds. The van der Waals surface area contributed by atoms with Crippen molar-refractivity contribution in [1.29, 1.82) is 0 Å². The Bertz CT molecular complexity index is 302. The van der Waals surface area contributed by atoms with E-state index in [1.807, 2.05) is 36.9 Å².